The summed E-state index contributed by atoms with van der Waals surface area (Å²) in [6, 6.07) is 20.3. The van der Waals surface area contributed by atoms with Gasteiger partial charge in [0.25, 0.3) is 0 Å². The SMILES string of the molecule is CCN1C(=O)C[C@@H](c2ccccc2)c2c(C)nn(-c3ccccc3)c21. The van der Waals surface area contributed by atoms with E-state index >= 15 is 0 Å². The van der Waals surface area contributed by atoms with Crippen LogP contribution in [0.4, 0.5) is 5.82 Å². The first-order chi connectivity index (χ1) is 12.2. The minimum absolute atomic E-state index is 0.0592. The highest BCUT2D eigenvalue weighted by molar-refractivity contribution is 5.97. The number of nitrogens with zero attached hydrogens (tertiary/aromatic N) is 3. The molecule has 1 aromatic heterocycles. The number of hydrogen-bond acceptors (Lipinski definition) is 2. The Labute approximate surface area is 147 Å². The fourth-order valence-electron chi connectivity index (χ4n) is 3.75. The maximum atomic E-state index is 12.8. The molecule has 3 aromatic rings. The first kappa shape index (κ1) is 15.6. The van der Waals surface area contributed by atoms with E-state index in [2.05, 4.69) is 12.1 Å². The smallest absolute Gasteiger partial charge is 0.229 e. The summed E-state index contributed by atoms with van der Waals surface area (Å²) in [5.74, 6) is 1.13. The molecule has 0 saturated carbocycles. The molecule has 0 N–H and O–H groups in total. The normalized spacial score (nSPS) is 16.8. The van der Waals surface area contributed by atoms with E-state index < -0.39 is 0 Å². The van der Waals surface area contributed by atoms with E-state index in [0.29, 0.717) is 13.0 Å². The lowest BCUT2D eigenvalue weighted by Crippen LogP contribution is -2.38. The molecule has 1 aliphatic heterocycles. The molecule has 2 aromatic carbocycles. The number of hydrogen-bond donors (Lipinski definition) is 0. The average molecular weight is 331 g/mol. The second kappa shape index (κ2) is 6.20. The van der Waals surface area contributed by atoms with Gasteiger partial charge in [-0.2, -0.15) is 5.10 Å². The molecular weight excluding hydrogens is 310 g/mol. The van der Waals surface area contributed by atoms with Crippen LogP contribution in [-0.4, -0.2) is 22.2 Å². The minimum Gasteiger partial charge on any atom is -0.297 e. The first-order valence-electron chi connectivity index (χ1n) is 8.71. The van der Waals surface area contributed by atoms with Gasteiger partial charge in [0.1, 0.15) is 5.82 Å². The van der Waals surface area contributed by atoms with Crippen molar-refractivity contribution in [3.8, 4) is 5.69 Å². The van der Waals surface area contributed by atoms with E-state index in [-0.39, 0.29) is 11.8 Å². The van der Waals surface area contributed by atoms with E-state index in [9.17, 15) is 4.79 Å². The lowest BCUT2D eigenvalue weighted by molar-refractivity contribution is -0.119. The maximum absolute atomic E-state index is 12.8. The van der Waals surface area contributed by atoms with Crippen LogP contribution in [0.2, 0.25) is 0 Å². The van der Waals surface area contributed by atoms with E-state index in [0.717, 1.165) is 22.8 Å². The third kappa shape index (κ3) is 2.54. The topological polar surface area (TPSA) is 38.1 Å². The molecule has 25 heavy (non-hydrogen) atoms. The van der Waals surface area contributed by atoms with E-state index in [4.69, 9.17) is 5.10 Å². The summed E-state index contributed by atoms with van der Waals surface area (Å²) < 4.78 is 1.92. The fraction of sp³-hybridized carbons (Fsp3) is 0.238. The number of amides is 1. The van der Waals surface area contributed by atoms with Crippen molar-refractivity contribution >= 4 is 11.7 Å². The van der Waals surface area contributed by atoms with Gasteiger partial charge in [-0.15, -0.1) is 0 Å². The summed E-state index contributed by atoms with van der Waals surface area (Å²) >= 11 is 0. The van der Waals surface area contributed by atoms with Crippen LogP contribution < -0.4 is 4.90 Å². The highest BCUT2D eigenvalue weighted by Gasteiger charge is 2.36. The third-order valence-corrected chi connectivity index (χ3v) is 4.88. The fourth-order valence-corrected chi connectivity index (χ4v) is 3.75. The molecular formula is C21H21N3O. The van der Waals surface area contributed by atoms with Crippen molar-refractivity contribution in [3.63, 3.8) is 0 Å². The third-order valence-electron chi connectivity index (χ3n) is 4.88. The van der Waals surface area contributed by atoms with E-state index in [1.807, 2.05) is 72.0 Å². The highest BCUT2D eigenvalue weighted by Crippen LogP contribution is 2.42. The zero-order valence-electron chi connectivity index (χ0n) is 14.5. The molecule has 1 atom stereocenters. The van der Waals surface area contributed by atoms with Crippen LogP contribution in [0.5, 0.6) is 0 Å². The largest absolute Gasteiger partial charge is 0.297 e. The van der Waals surface area contributed by atoms with Crippen molar-refractivity contribution in [2.75, 3.05) is 11.4 Å². The molecule has 4 heteroatoms. The number of carbonyl (C=O) groups is 1. The van der Waals surface area contributed by atoms with E-state index in [1.54, 1.807) is 0 Å². The lowest BCUT2D eigenvalue weighted by atomic mass is 9.85. The van der Waals surface area contributed by atoms with Crippen LogP contribution in [0.15, 0.2) is 60.7 Å². The molecule has 2 heterocycles. The number of fused-ring (bicyclic) bond motifs is 1. The molecule has 0 saturated heterocycles. The van der Waals surface area contributed by atoms with Crippen molar-refractivity contribution in [1.29, 1.82) is 0 Å². The summed E-state index contributed by atoms with van der Waals surface area (Å²) in [6.45, 7) is 4.70. The Hall–Kier alpha value is -2.88. The van der Waals surface area contributed by atoms with Crippen LogP contribution in [0.1, 0.15) is 36.1 Å². The molecule has 4 rings (SSSR count). The zero-order chi connectivity index (χ0) is 17.4. The summed E-state index contributed by atoms with van der Waals surface area (Å²) in [4.78, 5) is 14.7. The van der Waals surface area contributed by atoms with Crippen molar-refractivity contribution in [2.45, 2.75) is 26.2 Å². The molecule has 4 nitrogen and oxygen atoms in total. The average Bonchev–Trinajstić information content (AvgIpc) is 3.00. The Morgan fingerprint density at radius 3 is 2.32 bits per heavy atom. The maximum Gasteiger partial charge on any atom is 0.229 e. The molecule has 0 aliphatic carbocycles. The Balaban J connectivity index is 1.95. The Bertz CT molecular complexity index is 900. The number of para-hydroxylation sites is 1. The number of anilines is 1. The minimum atomic E-state index is 0.0592. The van der Waals surface area contributed by atoms with E-state index in [1.165, 1.54) is 5.56 Å². The summed E-state index contributed by atoms with van der Waals surface area (Å²) in [5, 5.41) is 4.79. The zero-order valence-corrected chi connectivity index (χ0v) is 14.5. The van der Waals surface area contributed by atoms with Gasteiger partial charge in [-0.25, -0.2) is 4.68 Å². The number of carbonyl (C=O) groups excluding carboxylic acids is 1. The van der Waals surface area contributed by atoms with Gasteiger partial charge in [-0.3, -0.25) is 9.69 Å². The van der Waals surface area contributed by atoms with Gasteiger partial charge in [0.15, 0.2) is 0 Å². The highest BCUT2D eigenvalue weighted by atomic mass is 16.2. The lowest BCUT2D eigenvalue weighted by Gasteiger charge is -2.32. The van der Waals surface area contributed by atoms with Crippen molar-refractivity contribution in [2.24, 2.45) is 0 Å². The first-order valence-corrected chi connectivity index (χ1v) is 8.71. The number of aryl methyl sites for hydroxylation is 1. The van der Waals surface area contributed by atoms with Gasteiger partial charge in [-0.05, 0) is 31.5 Å². The van der Waals surface area contributed by atoms with Crippen LogP contribution in [0, 0.1) is 6.92 Å². The number of rotatable bonds is 3. The summed E-state index contributed by atoms with van der Waals surface area (Å²) in [5.41, 5.74) is 4.30. The van der Waals surface area contributed by atoms with Gasteiger partial charge in [0, 0.05) is 24.4 Å². The summed E-state index contributed by atoms with van der Waals surface area (Å²) in [6.07, 6.45) is 0.492. The Morgan fingerprint density at radius 1 is 1.04 bits per heavy atom. The van der Waals surface area contributed by atoms with Gasteiger partial charge in [0.05, 0.1) is 11.4 Å². The van der Waals surface area contributed by atoms with Crippen LogP contribution in [0.3, 0.4) is 0 Å². The van der Waals surface area contributed by atoms with Gasteiger partial charge < -0.3 is 0 Å². The predicted octanol–water partition coefficient (Wildman–Crippen LogP) is 4.07. The second-order valence-electron chi connectivity index (χ2n) is 6.38. The quantitative estimate of drug-likeness (QED) is 0.725. The summed E-state index contributed by atoms with van der Waals surface area (Å²) in [7, 11) is 0. The van der Waals surface area contributed by atoms with Crippen LogP contribution >= 0.6 is 0 Å². The molecule has 0 bridgehead atoms. The molecule has 1 amide bonds. The van der Waals surface area contributed by atoms with Crippen LogP contribution in [0.25, 0.3) is 5.69 Å². The second-order valence-corrected chi connectivity index (χ2v) is 6.38. The van der Waals surface area contributed by atoms with Gasteiger partial charge >= 0.3 is 0 Å². The van der Waals surface area contributed by atoms with Crippen molar-refractivity contribution in [1.82, 2.24) is 9.78 Å². The van der Waals surface area contributed by atoms with Crippen molar-refractivity contribution < 1.29 is 4.79 Å². The Kier molecular flexibility index (Phi) is 3.88. The monoisotopic (exact) mass is 331 g/mol. The predicted molar refractivity (Wildman–Crippen MR) is 99.2 cm³/mol. The molecule has 0 radical (unpaired) electrons. The number of benzene rings is 2. The van der Waals surface area contributed by atoms with Gasteiger partial charge in [-0.1, -0.05) is 48.5 Å². The standard InChI is InChI=1S/C21H21N3O/c1-3-23-19(25)14-18(16-10-6-4-7-11-16)20-15(2)22-24(21(20)23)17-12-8-5-9-13-17/h4-13,18H,3,14H2,1-2H3/t18-/m0/s1. The molecule has 1 aliphatic rings. The van der Waals surface area contributed by atoms with Crippen molar-refractivity contribution in [3.05, 3.63) is 77.5 Å². The molecule has 0 spiro atoms. The molecule has 0 unspecified atom stereocenters. The van der Waals surface area contributed by atoms with Gasteiger partial charge in [0.2, 0.25) is 5.91 Å². The Morgan fingerprint density at radius 2 is 1.68 bits per heavy atom. The molecule has 0 fully saturated rings. The number of aromatic nitrogens is 2. The van der Waals surface area contributed by atoms with Crippen LogP contribution in [-0.2, 0) is 4.79 Å². The molecule has 126 valence electrons.